The van der Waals surface area contributed by atoms with Gasteiger partial charge in [-0.25, -0.2) is 0 Å². The van der Waals surface area contributed by atoms with Gasteiger partial charge in [-0.1, -0.05) is 188 Å². The summed E-state index contributed by atoms with van der Waals surface area (Å²) < 4.78 is 0. The molecule has 52 heavy (non-hydrogen) atoms. The van der Waals surface area contributed by atoms with Gasteiger partial charge in [0.1, 0.15) is 0 Å². The van der Waals surface area contributed by atoms with E-state index >= 15 is 0 Å². The average Bonchev–Trinajstić information content (AvgIpc) is 3.53. The second kappa shape index (κ2) is 12.3. The van der Waals surface area contributed by atoms with Crippen molar-refractivity contribution in [3.63, 3.8) is 0 Å². The second-order valence-corrected chi connectivity index (χ2v) is 13.6. The molecule has 0 aliphatic heterocycles. The molecule has 0 radical (unpaired) electrons. The third kappa shape index (κ3) is 4.49. The Balaban J connectivity index is 1.34. The van der Waals surface area contributed by atoms with Crippen LogP contribution in [0.1, 0.15) is 22.3 Å². The largest absolute Gasteiger partial charge is 0.309 e. The van der Waals surface area contributed by atoms with Crippen molar-refractivity contribution in [3.8, 4) is 22.3 Å². The molecule has 0 unspecified atom stereocenters. The molecule has 10 rings (SSSR count). The predicted molar refractivity (Wildman–Crippen MR) is 219 cm³/mol. The van der Waals surface area contributed by atoms with Gasteiger partial charge in [-0.3, -0.25) is 0 Å². The van der Waals surface area contributed by atoms with E-state index in [-0.39, 0.29) is 0 Å². The number of benzene rings is 9. The molecular formula is C51H35N. The minimum absolute atomic E-state index is 0.499. The number of para-hydroxylation sites is 1. The molecular weight excluding hydrogens is 627 g/mol. The molecule has 1 heteroatoms. The van der Waals surface area contributed by atoms with Gasteiger partial charge in [0.25, 0.3) is 0 Å². The van der Waals surface area contributed by atoms with Crippen molar-refractivity contribution in [2.75, 3.05) is 4.90 Å². The first kappa shape index (κ1) is 30.2. The molecule has 0 N–H and O–H groups in total. The first-order valence-electron chi connectivity index (χ1n) is 18.0. The molecule has 1 aliphatic rings. The van der Waals surface area contributed by atoms with E-state index in [4.69, 9.17) is 0 Å². The van der Waals surface area contributed by atoms with Crippen molar-refractivity contribution in [2.24, 2.45) is 0 Å². The Morgan fingerprint density at radius 3 is 1.46 bits per heavy atom. The molecule has 0 aromatic heterocycles. The van der Waals surface area contributed by atoms with Crippen LogP contribution in [0, 0.1) is 0 Å². The summed E-state index contributed by atoms with van der Waals surface area (Å²) in [6, 6.07) is 77.8. The van der Waals surface area contributed by atoms with E-state index in [0.29, 0.717) is 0 Å². The highest BCUT2D eigenvalue weighted by Gasteiger charge is 2.46. The molecule has 0 atom stereocenters. The Hall–Kier alpha value is -6.70. The van der Waals surface area contributed by atoms with Crippen LogP contribution in [0.4, 0.5) is 17.1 Å². The maximum atomic E-state index is 2.50. The van der Waals surface area contributed by atoms with E-state index < -0.39 is 5.41 Å². The van der Waals surface area contributed by atoms with Gasteiger partial charge < -0.3 is 4.90 Å². The molecule has 0 fully saturated rings. The van der Waals surface area contributed by atoms with E-state index in [0.717, 1.165) is 11.4 Å². The molecule has 9 aromatic carbocycles. The van der Waals surface area contributed by atoms with Gasteiger partial charge in [0.15, 0.2) is 0 Å². The van der Waals surface area contributed by atoms with Crippen molar-refractivity contribution in [3.05, 3.63) is 235 Å². The SMILES string of the molecule is c1ccc(-c2c(N(c3ccccc3)c3ccc4c(c3)C(c3ccccc3)(c3ccccc3)c3ccccc3-4)c3ccccc3c3ccccc23)cc1. The molecule has 0 saturated heterocycles. The van der Waals surface area contributed by atoms with Gasteiger partial charge in [0, 0.05) is 22.3 Å². The van der Waals surface area contributed by atoms with Crippen LogP contribution >= 0.6 is 0 Å². The minimum Gasteiger partial charge on any atom is -0.309 e. The molecule has 244 valence electrons. The first-order valence-corrected chi connectivity index (χ1v) is 18.0. The normalized spacial score (nSPS) is 12.8. The fourth-order valence-corrected chi connectivity index (χ4v) is 8.81. The standard InChI is InChI=1S/C51H35N/c1-5-19-36(20-6-1)49-45-30-15-13-27-41(45)42-28-14-16-31-46(42)50(49)52(39-25-11-4-12-26-39)40-33-34-44-43-29-17-18-32-47(43)51(48(44)35-40,37-21-7-2-8-22-37)38-23-9-3-10-24-38/h1-35H. The lowest BCUT2D eigenvalue weighted by atomic mass is 9.67. The van der Waals surface area contributed by atoms with Crippen molar-refractivity contribution in [2.45, 2.75) is 5.41 Å². The van der Waals surface area contributed by atoms with Crippen LogP contribution in [-0.4, -0.2) is 0 Å². The van der Waals surface area contributed by atoms with Crippen molar-refractivity contribution >= 4 is 38.6 Å². The molecule has 0 amide bonds. The molecule has 1 nitrogen and oxygen atoms in total. The number of hydrogen-bond acceptors (Lipinski definition) is 1. The first-order chi connectivity index (χ1) is 25.8. The van der Waals surface area contributed by atoms with E-state index in [9.17, 15) is 0 Å². The maximum absolute atomic E-state index is 2.50. The van der Waals surface area contributed by atoms with Crippen LogP contribution in [0.2, 0.25) is 0 Å². The number of fused-ring (bicyclic) bond motifs is 6. The second-order valence-electron chi connectivity index (χ2n) is 13.6. The predicted octanol–water partition coefficient (Wildman–Crippen LogP) is 13.5. The molecule has 0 spiro atoms. The summed E-state index contributed by atoms with van der Waals surface area (Å²) in [5.74, 6) is 0. The van der Waals surface area contributed by atoms with Gasteiger partial charge in [-0.2, -0.15) is 0 Å². The summed E-state index contributed by atoms with van der Waals surface area (Å²) in [7, 11) is 0. The lowest BCUT2D eigenvalue weighted by Gasteiger charge is -2.35. The van der Waals surface area contributed by atoms with E-state index in [2.05, 4.69) is 217 Å². The summed E-state index contributed by atoms with van der Waals surface area (Å²) in [6.07, 6.45) is 0. The Bertz CT molecular complexity index is 2680. The summed E-state index contributed by atoms with van der Waals surface area (Å²) in [5.41, 5.74) is 13.0. The Labute approximate surface area is 304 Å². The fraction of sp³-hybridized carbons (Fsp3) is 0.0196. The number of rotatable bonds is 6. The molecule has 1 aliphatic carbocycles. The zero-order valence-corrected chi connectivity index (χ0v) is 28.7. The van der Waals surface area contributed by atoms with Crippen LogP contribution in [0.15, 0.2) is 212 Å². The Morgan fingerprint density at radius 1 is 0.327 bits per heavy atom. The van der Waals surface area contributed by atoms with Crippen LogP contribution in [-0.2, 0) is 5.41 Å². The summed E-state index contributed by atoms with van der Waals surface area (Å²) in [6.45, 7) is 0. The van der Waals surface area contributed by atoms with Gasteiger partial charge in [-0.05, 0) is 79.4 Å². The smallest absolute Gasteiger partial charge is 0.0714 e. The van der Waals surface area contributed by atoms with Gasteiger partial charge in [-0.15, -0.1) is 0 Å². The van der Waals surface area contributed by atoms with Gasteiger partial charge in [0.2, 0.25) is 0 Å². The Morgan fingerprint density at radius 2 is 0.808 bits per heavy atom. The van der Waals surface area contributed by atoms with Crippen LogP contribution < -0.4 is 4.90 Å². The third-order valence-corrected chi connectivity index (χ3v) is 10.9. The summed E-state index contributed by atoms with van der Waals surface area (Å²) in [4.78, 5) is 2.50. The van der Waals surface area contributed by atoms with E-state index in [1.807, 2.05) is 0 Å². The monoisotopic (exact) mass is 661 g/mol. The maximum Gasteiger partial charge on any atom is 0.0714 e. The molecule has 0 heterocycles. The van der Waals surface area contributed by atoms with Gasteiger partial charge in [0.05, 0.1) is 11.1 Å². The van der Waals surface area contributed by atoms with Crippen molar-refractivity contribution < 1.29 is 0 Å². The minimum atomic E-state index is -0.499. The van der Waals surface area contributed by atoms with E-state index in [1.165, 1.54) is 71.7 Å². The molecule has 0 bridgehead atoms. The number of anilines is 3. The zero-order chi connectivity index (χ0) is 34.5. The highest BCUT2D eigenvalue weighted by Crippen LogP contribution is 2.58. The fourth-order valence-electron chi connectivity index (χ4n) is 8.81. The molecule has 9 aromatic rings. The van der Waals surface area contributed by atoms with Crippen LogP contribution in [0.5, 0.6) is 0 Å². The molecule has 0 saturated carbocycles. The van der Waals surface area contributed by atoms with Crippen LogP contribution in [0.3, 0.4) is 0 Å². The quantitative estimate of drug-likeness (QED) is 0.160. The van der Waals surface area contributed by atoms with E-state index in [1.54, 1.807) is 0 Å². The highest BCUT2D eigenvalue weighted by molar-refractivity contribution is 6.22. The zero-order valence-electron chi connectivity index (χ0n) is 28.7. The number of hydrogen-bond donors (Lipinski definition) is 0. The van der Waals surface area contributed by atoms with Crippen molar-refractivity contribution in [1.82, 2.24) is 0 Å². The third-order valence-electron chi connectivity index (χ3n) is 10.9. The Kier molecular flexibility index (Phi) is 7.11. The lowest BCUT2D eigenvalue weighted by Crippen LogP contribution is -2.28. The topological polar surface area (TPSA) is 3.24 Å². The van der Waals surface area contributed by atoms with Gasteiger partial charge >= 0.3 is 0 Å². The average molecular weight is 662 g/mol. The van der Waals surface area contributed by atoms with Crippen LogP contribution in [0.25, 0.3) is 43.8 Å². The van der Waals surface area contributed by atoms with Crippen molar-refractivity contribution in [1.29, 1.82) is 0 Å². The number of nitrogens with zero attached hydrogens (tertiary/aromatic N) is 1. The highest BCUT2D eigenvalue weighted by atomic mass is 15.1. The summed E-state index contributed by atoms with van der Waals surface area (Å²) in [5, 5.41) is 4.94. The summed E-state index contributed by atoms with van der Waals surface area (Å²) >= 11 is 0. The lowest BCUT2D eigenvalue weighted by molar-refractivity contribution is 0.768.